The Labute approximate surface area is 186 Å². The van der Waals surface area contributed by atoms with E-state index in [-0.39, 0.29) is 12.5 Å². The number of hydrogen-bond donors (Lipinski definition) is 1. The fraction of sp³-hybridized carbons (Fsp3) is 0.273. The molecule has 1 aliphatic rings. The van der Waals surface area contributed by atoms with Crippen LogP contribution in [0.1, 0.15) is 27.6 Å². The van der Waals surface area contributed by atoms with Crippen LogP contribution < -0.4 is 5.32 Å². The second kappa shape index (κ2) is 8.88. The number of thiazole rings is 1. The van der Waals surface area contributed by atoms with Crippen molar-refractivity contribution >= 4 is 32.6 Å². The largest absolute Gasteiger partial charge is 0.301 e. The lowest BCUT2D eigenvalue weighted by molar-refractivity contribution is -0.116. The van der Waals surface area contributed by atoms with E-state index in [2.05, 4.69) is 10.3 Å². The SMILES string of the molecule is CN(C)S(=O)(=O)N1CCc2nc(NC(=O)C(c3ccccc3)c3ccccc3)sc2C1. The Morgan fingerprint density at radius 3 is 2.19 bits per heavy atom. The van der Waals surface area contributed by atoms with E-state index in [1.807, 2.05) is 60.7 Å². The number of aromatic nitrogens is 1. The number of hydrogen-bond acceptors (Lipinski definition) is 5. The number of fused-ring (bicyclic) bond motifs is 1. The summed E-state index contributed by atoms with van der Waals surface area (Å²) in [7, 11) is -0.435. The Balaban J connectivity index is 1.57. The second-order valence-electron chi connectivity index (χ2n) is 7.51. The van der Waals surface area contributed by atoms with Crippen molar-refractivity contribution in [2.24, 2.45) is 0 Å². The average Bonchev–Trinajstić information content (AvgIpc) is 3.16. The molecule has 0 saturated carbocycles. The highest BCUT2D eigenvalue weighted by Gasteiger charge is 2.31. The molecule has 1 aromatic heterocycles. The summed E-state index contributed by atoms with van der Waals surface area (Å²) in [6.45, 7) is 0.644. The zero-order valence-electron chi connectivity index (χ0n) is 17.4. The lowest BCUT2D eigenvalue weighted by atomic mass is 9.90. The van der Waals surface area contributed by atoms with Crippen LogP contribution in [0.5, 0.6) is 0 Å². The van der Waals surface area contributed by atoms with Crippen molar-refractivity contribution in [2.75, 3.05) is 26.0 Å². The smallest absolute Gasteiger partial charge is 0.281 e. The van der Waals surface area contributed by atoms with Crippen LogP contribution >= 0.6 is 11.3 Å². The first-order chi connectivity index (χ1) is 14.9. The zero-order chi connectivity index (χ0) is 22.0. The topological polar surface area (TPSA) is 82.6 Å². The van der Waals surface area contributed by atoms with Gasteiger partial charge in [-0.2, -0.15) is 17.0 Å². The summed E-state index contributed by atoms with van der Waals surface area (Å²) < 4.78 is 27.6. The molecule has 1 aliphatic heterocycles. The standard InChI is InChI=1S/C22H24N4O3S2/c1-25(2)31(28,29)26-14-13-18-19(15-26)30-22(23-18)24-21(27)20(16-9-5-3-6-10-16)17-11-7-4-8-12-17/h3-12,20H,13-15H2,1-2H3,(H,23,24,27). The van der Waals surface area contributed by atoms with Crippen molar-refractivity contribution in [1.82, 2.24) is 13.6 Å². The van der Waals surface area contributed by atoms with E-state index in [0.29, 0.717) is 18.1 Å². The highest BCUT2D eigenvalue weighted by Crippen LogP contribution is 2.32. The Morgan fingerprint density at radius 2 is 1.65 bits per heavy atom. The molecule has 7 nitrogen and oxygen atoms in total. The van der Waals surface area contributed by atoms with Gasteiger partial charge in [-0.05, 0) is 11.1 Å². The van der Waals surface area contributed by atoms with Gasteiger partial charge in [-0.15, -0.1) is 11.3 Å². The Kier molecular flexibility index (Phi) is 6.19. The number of amides is 1. The normalized spacial score (nSPS) is 14.6. The molecule has 0 aliphatic carbocycles. The first kappa shape index (κ1) is 21.6. The third-order valence-corrected chi connectivity index (χ3v) is 8.13. The quantitative estimate of drug-likeness (QED) is 0.618. The zero-order valence-corrected chi connectivity index (χ0v) is 19.0. The van der Waals surface area contributed by atoms with Crippen molar-refractivity contribution in [3.05, 3.63) is 82.4 Å². The van der Waals surface area contributed by atoms with Gasteiger partial charge in [-0.3, -0.25) is 4.79 Å². The molecule has 162 valence electrons. The van der Waals surface area contributed by atoms with Gasteiger partial charge in [0, 0.05) is 31.9 Å². The van der Waals surface area contributed by atoms with E-state index in [1.54, 1.807) is 0 Å². The Bertz CT molecular complexity index is 1120. The fourth-order valence-corrected chi connectivity index (χ4v) is 5.80. The molecular weight excluding hydrogens is 432 g/mol. The highest BCUT2D eigenvalue weighted by atomic mass is 32.2. The number of nitrogens with one attached hydrogen (secondary N) is 1. The van der Waals surface area contributed by atoms with E-state index in [9.17, 15) is 13.2 Å². The van der Waals surface area contributed by atoms with E-state index < -0.39 is 16.1 Å². The minimum atomic E-state index is -3.48. The maximum Gasteiger partial charge on any atom is 0.281 e. The molecule has 2 aromatic carbocycles. The van der Waals surface area contributed by atoms with Crippen molar-refractivity contribution in [1.29, 1.82) is 0 Å². The van der Waals surface area contributed by atoms with Gasteiger partial charge >= 0.3 is 0 Å². The van der Waals surface area contributed by atoms with Crippen LogP contribution in [-0.4, -0.2) is 48.6 Å². The second-order valence-corrected chi connectivity index (χ2v) is 10.7. The van der Waals surface area contributed by atoms with Crippen LogP contribution in [0.25, 0.3) is 0 Å². The van der Waals surface area contributed by atoms with Gasteiger partial charge in [-0.25, -0.2) is 4.98 Å². The monoisotopic (exact) mass is 456 g/mol. The molecule has 0 spiro atoms. The summed E-state index contributed by atoms with van der Waals surface area (Å²) in [6.07, 6.45) is 0.523. The number of rotatable bonds is 6. The predicted molar refractivity (Wildman–Crippen MR) is 122 cm³/mol. The minimum Gasteiger partial charge on any atom is -0.301 e. The van der Waals surface area contributed by atoms with Gasteiger partial charge in [0.05, 0.1) is 18.2 Å². The molecule has 2 heterocycles. The summed E-state index contributed by atoms with van der Waals surface area (Å²) in [5.74, 6) is -0.629. The molecule has 0 unspecified atom stereocenters. The van der Waals surface area contributed by atoms with Gasteiger partial charge in [0.25, 0.3) is 10.2 Å². The molecule has 0 radical (unpaired) electrons. The maximum atomic E-state index is 13.3. The first-order valence-electron chi connectivity index (χ1n) is 9.93. The van der Waals surface area contributed by atoms with Gasteiger partial charge in [0.1, 0.15) is 0 Å². The van der Waals surface area contributed by atoms with E-state index in [0.717, 1.165) is 21.7 Å². The lowest BCUT2D eigenvalue weighted by Gasteiger charge is -2.27. The first-order valence-corrected chi connectivity index (χ1v) is 12.1. The number of anilines is 1. The number of nitrogens with zero attached hydrogens (tertiary/aromatic N) is 3. The molecule has 0 fully saturated rings. The van der Waals surface area contributed by atoms with Crippen molar-refractivity contribution in [2.45, 2.75) is 18.9 Å². The molecule has 0 saturated heterocycles. The Hall–Kier alpha value is -2.59. The molecule has 9 heteroatoms. The van der Waals surface area contributed by atoms with Crippen LogP contribution in [-0.2, 0) is 28.0 Å². The molecule has 4 rings (SSSR count). The highest BCUT2D eigenvalue weighted by molar-refractivity contribution is 7.86. The molecule has 1 N–H and O–H groups in total. The van der Waals surface area contributed by atoms with Gasteiger partial charge < -0.3 is 5.32 Å². The molecule has 0 bridgehead atoms. The number of carbonyl (C=O) groups is 1. The van der Waals surface area contributed by atoms with Crippen LogP contribution in [0.3, 0.4) is 0 Å². The number of benzene rings is 2. The van der Waals surface area contributed by atoms with Gasteiger partial charge in [0.2, 0.25) is 5.91 Å². The summed E-state index contributed by atoms with van der Waals surface area (Å²) in [5, 5.41) is 3.46. The lowest BCUT2D eigenvalue weighted by Crippen LogP contribution is -2.42. The third kappa shape index (κ3) is 4.54. The summed E-state index contributed by atoms with van der Waals surface area (Å²) in [4.78, 5) is 18.7. The molecule has 3 aromatic rings. The van der Waals surface area contributed by atoms with E-state index >= 15 is 0 Å². The summed E-state index contributed by atoms with van der Waals surface area (Å²) in [5.41, 5.74) is 2.65. The summed E-state index contributed by atoms with van der Waals surface area (Å²) in [6, 6.07) is 19.3. The van der Waals surface area contributed by atoms with Crippen molar-refractivity contribution < 1.29 is 13.2 Å². The van der Waals surface area contributed by atoms with Crippen molar-refractivity contribution in [3.63, 3.8) is 0 Å². The third-order valence-electron chi connectivity index (χ3n) is 5.24. The van der Waals surface area contributed by atoms with Crippen LogP contribution in [0, 0.1) is 0 Å². The number of carbonyl (C=O) groups excluding carboxylic acids is 1. The Morgan fingerprint density at radius 1 is 1.06 bits per heavy atom. The minimum absolute atomic E-state index is 0.165. The van der Waals surface area contributed by atoms with Crippen LogP contribution in [0.2, 0.25) is 0 Å². The van der Waals surface area contributed by atoms with E-state index in [4.69, 9.17) is 0 Å². The van der Waals surface area contributed by atoms with Crippen LogP contribution in [0.4, 0.5) is 5.13 Å². The van der Waals surface area contributed by atoms with Gasteiger partial charge in [-0.1, -0.05) is 60.7 Å². The molecule has 1 amide bonds. The van der Waals surface area contributed by atoms with Crippen LogP contribution in [0.15, 0.2) is 60.7 Å². The van der Waals surface area contributed by atoms with Crippen molar-refractivity contribution in [3.8, 4) is 0 Å². The maximum absolute atomic E-state index is 13.3. The average molecular weight is 457 g/mol. The predicted octanol–water partition coefficient (Wildman–Crippen LogP) is 3.08. The fourth-order valence-electron chi connectivity index (χ4n) is 3.62. The van der Waals surface area contributed by atoms with E-state index in [1.165, 1.54) is 34.0 Å². The summed E-state index contributed by atoms with van der Waals surface area (Å²) >= 11 is 1.34. The molecule has 0 atom stereocenters. The molecule has 31 heavy (non-hydrogen) atoms. The molecular formula is C22H24N4O3S2. The van der Waals surface area contributed by atoms with Gasteiger partial charge in [0.15, 0.2) is 5.13 Å².